The van der Waals surface area contributed by atoms with Gasteiger partial charge in [0.1, 0.15) is 0 Å². The number of hydrogen-bond donors (Lipinski definition) is 2. The van der Waals surface area contributed by atoms with Gasteiger partial charge >= 0.3 is 12.0 Å². The molecule has 2 aromatic rings. The third kappa shape index (κ3) is 4.13. The maximum atomic E-state index is 12.0. The first-order valence-corrected chi connectivity index (χ1v) is 6.96. The SMILES string of the molecule is COC(=O)c1cc(Cl)ccc1NC(=O)Nc1cccc(Cl)c1. The van der Waals surface area contributed by atoms with E-state index in [1.807, 2.05) is 0 Å². The van der Waals surface area contributed by atoms with Gasteiger partial charge in [-0.3, -0.25) is 0 Å². The number of hydrogen-bond acceptors (Lipinski definition) is 3. The Morgan fingerprint density at radius 1 is 1.00 bits per heavy atom. The Labute approximate surface area is 137 Å². The summed E-state index contributed by atoms with van der Waals surface area (Å²) >= 11 is 11.7. The van der Waals surface area contributed by atoms with Gasteiger partial charge in [-0.2, -0.15) is 0 Å². The van der Waals surface area contributed by atoms with Crippen LogP contribution >= 0.6 is 23.2 Å². The maximum Gasteiger partial charge on any atom is 0.340 e. The van der Waals surface area contributed by atoms with Gasteiger partial charge in [0.2, 0.25) is 0 Å². The van der Waals surface area contributed by atoms with Gasteiger partial charge in [0, 0.05) is 15.7 Å². The molecule has 114 valence electrons. The van der Waals surface area contributed by atoms with Crippen molar-refractivity contribution in [2.24, 2.45) is 0 Å². The Morgan fingerprint density at radius 2 is 1.73 bits per heavy atom. The first-order valence-electron chi connectivity index (χ1n) is 6.21. The molecule has 0 bridgehead atoms. The van der Waals surface area contributed by atoms with Crippen molar-refractivity contribution in [2.45, 2.75) is 0 Å². The lowest BCUT2D eigenvalue weighted by Crippen LogP contribution is -2.21. The van der Waals surface area contributed by atoms with Crippen molar-refractivity contribution in [1.29, 1.82) is 0 Å². The minimum Gasteiger partial charge on any atom is -0.465 e. The fourth-order valence-electron chi connectivity index (χ4n) is 1.76. The molecule has 2 amide bonds. The monoisotopic (exact) mass is 338 g/mol. The van der Waals surface area contributed by atoms with Crippen LogP contribution in [-0.4, -0.2) is 19.1 Å². The highest BCUT2D eigenvalue weighted by Gasteiger charge is 2.14. The van der Waals surface area contributed by atoms with Gasteiger partial charge in [-0.15, -0.1) is 0 Å². The summed E-state index contributed by atoms with van der Waals surface area (Å²) in [6, 6.07) is 10.7. The number of rotatable bonds is 3. The second kappa shape index (κ2) is 7.15. The average Bonchev–Trinajstić information content (AvgIpc) is 2.48. The molecule has 0 radical (unpaired) electrons. The van der Waals surface area contributed by atoms with Crippen molar-refractivity contribution in [3.8, 4) is 0 Å². The second-order valence-electron chi connectivity index (χ2n) is 4.27. The van der Waals surface area contributed by atoms with Crippen molar-refractivity contribution in [3.63, 3.8) is 0 Å². The lowest BCUT2D eigenvalue weighted by atomic mass is 10.2. The minimum atomic E-state index is -0.597. The fourth-order valence-corrected chi connectivity index (χ4v) is 2.12. The van der Waals surface area contributed by atoms with Gasteiger partial charge in [0.05, 0.1) is 18.4 Å². The van der Waals surface area contributed by atoms with Crippen LogP contribution in [0.4, 0.5) is 16.2 Å². The summed E-state index contributed by atoms with van der Waals surface area (Å²) in [5, 5.41) is 6.04. The van der Waals surface area contributed by atoms with Crippen LogP contribution in [-0.2, 0) is 4.74 Å². The molecule has 7 heteroatoms. The van der Waals surface area contributed by atoms with Gasteiger partial charge in [-0.1, -0.05) is 29.3 Å². The van der Waals surface area contributed by atoms with Crippen LogP contribution in [0, 0.1) is 0 Å². The summed E-state index contributed by atoms with van der Waals surface area (Å²) < 4.78 is 4.66. The molecule has 2 N–H and O–H groups in total. The van der Waals surface area contributed by atoms with E-state index < -0.39 is 12.0 Å². The van der Waals surface area contributed by atoms with Crippen molar-refractivity contribution in [2.75, 3.05) is 17.7 Å². The van der Waals surface area contributed by atoms with Crippen LogP contribution in [0.25, 0.3) is 0 Å². The number of anilines is 2. The molecule has 0 aliphatic rings. The summed E-state index contributed by atoms with van der Waals surface area (Å²) in [7, 11) is 1.25. The molecule has 0 atom stereocenters. The Morgan fingerprint density at radius 3 is 2.41 bits per heavy atom. The summed E-state index contributed by atoms with van der Waals surface area (Å²) in [6.45, 7) is 0. The van der Waals surface area contributed by atoms with E-state index in [4.69, 9.17) is 23.2 Å². The molecule has 0 spiro atoms. The average molecular weight is 339 g/mol. The number of urea groups is 1. The first kappa shape index (κ1) is 16.1. The van der Waals surface area contributed by atoms with Gasteiger partial charge in [0.15, 0.2) is 0 Å². The van der Waals surface area contributed by atoms with Crippen LogP contribution in [0.2, 0.25) is 10.0 Å². The number of esters is 1. The van der Waals surface area contributed by atoms with Crippen molar-refractivity contribution in [3.05, 3.63) is 58.1 Å². The molecule has 0 saturated heterocycles. The molecular weight excluding hydrogens is 327 g/mol. The molecule has 2 rings (SSSR count). The van der Waals surface area contributed by atoms with Gasteiger partial charge in [-0.05, 0) is 36.4 Å². The van der Waals surface area contributed by atoms with Gasteiger partial charge < -0.3 is 15.4 Å². The van der Waals surface area contributed by atoms with Crippen LogP contribution in [0.5, 0.6) is 0 Å². The Hall–Kier alpha value is -2.24. The van der Waals surface area contributed by atoms with Crippen LogP contribution in [0.1, 0.15) is 10.4 Å². The second-order valence-corrected chi connectivity index (χ2v) is 5.14. The highest BCUT2D eigenvalue weighted by atomic mass is 35.5. The molecule has 0 heterocycles. The Kier molecular flexibility index (Phi) is 5.25. The molecule has 0 aromatic heterocycles. The zero-order valence-corrected chi connectivity index (χ0v) is 13.0. The molecule has 2 aromatic carbocycles. The predicted molar refractivity (Wildman–Crippen MR) is 86.9 cm³/mol. The fraction of sp³-hybridized carbons (Fsp3) is 0.0667. The van der Waals surface area contributed by atoms with Gasteiger partial charge in [0.25, 0.3) is 0 Å². The number of amides is 2. The quantitative estimate of drug-likeness (QED) is 0.813. The molecule has 0 aliphatic heterocycles. The Bertz CT molecular complexity index is 720. The maximum absolute atomic E-state index is 12.0. The number of benzene rings is 2. The summed E-state index contributed by atoms with van der Waals surface area (Å²) in [5.41, 5.74) is 0.977. The highest BCUT2D eigenvalue weighted by molar-refractivity contribution is 6.31. The van der Waals surface area contributed by atoms with E-state index >= 15 is 0 Å². The summed E-state index contributed by atoms with van der Waals surface area (Å²) in [6.07, 6.45) is 0. The normalized spacial score (nSPS) is 9.95. The van der Waals surface area contributed by atoms with E-state index in [1.165, 1.54) is 19.2 Å². The zero-order valence-electron chi connectivity index (χ0n) is 11.5. The highest BCUT2D eigenvalue weighted by Crippen LogP contribution is 2.22. The lowest BCUT2D eigenvalue weighted by Gasteiger charge is -2.11. The largest absolute Gasteiger partial charge is 0.465 e. The number of carbonyl (C=O) groups is 2. The molecule has 0 unspecified atom stereocenters. The first-order chi connectivity index (χ1) is 10.5. The van der Waals surface area contributed by atoms with E-state index in [1.54, 1.807) is 30.3 Å². The van der Waals surface area contributed by atoms with Crippen LogP contribution in [0.3, 0.4) is 0 Å². The predicted octanol–water partition coefficient (Wildman–Crippen LogP) is 4.42. The van der Waals surface area contributed by atoms with E-state index in [0.29, 0.717) is 15.7 Å². The molecule has 0 fully saturated rings. The number of carbonyl (C=O) groups excluding carboxylic acids is 2. The van der Waals surface area contributed by atoms with Crippen molar-refractivity contribution < 1.29 is 14.3 Å². The van der Waals surface area contributed by atoms with Crippen LogP contribution in [0.15, 0.2) is 42.5 Å². The molecule has 5 nitrogen and oxygen atoms in total. The third-order valence-electron chi connectivity index (χ3n) is 2.72. The number of ether oxygens (including phenoxy) is 1. The number of halogens is 2. The van der Waals surface area contributed by atoms with E-state index in [0.717, 1.165) is 0 Å². The van der Waals surface area contributed by atoms with Crippen LogP contribution < -0.4 is 10.6 Å². The lowest BCUT2D eigenvalue weighted by molar-refractivity contribution is 0.0602. The standard InChI is InChI=1S/C15H12Cl2N2O3/c1-22-14(20)12-8-10(17)5-6-13(12)19-15(21)18-11-4-2-3-9(16)7-11/h2-8H,1H3,(H2,18,19,21). The molecule has 0 aliphatic carbocycles. The number of methoxy groups -OCH3 is 1. The Balaban J connectivity index is 2.16. The van der Waals surface area contributed by atoms with E-state index in [9.17, 15) is 9.59 Å². The zero-order chi connectivity index (χ0) is 16.1. The molecule has 22 heavy (non-hydrogen) atoms. The third-order valence-corrected chi connectivity index (χ3v) is 3.19. The summed E-state index contributed by atoms with van der Waals surface area (Å²) in [5.74, 6) is -0.597. The van der Waals surface area contributed by atoms with Crippen molar-refractivity contribution in [1.82, 2.24) is 0 Å². The van der Waals surface area contributed by atoms with E-state index in [-0.39, 0.29) is 11.3 Å². The molecular formula is C15H12Cl2N2O3. The summed E-state index contributed by atoms with van der Waals surface area (Å²) in [4.78, 5) is 23.7. The topological polar surface area (TPSA) is 67.4 Å². The smallest absolute Gasteiger partial charge is 0.340 e. The van der Waals surface area contributed by atoms with E-state index in [2.05, 4.69) is 15.4 Å². The molecule has 0 saturated carbocycles. The van der Waals surface area contributed by atoms with Crippen molar-refractivity contribution >= 4 is 46.6 Å². The minimum absolute atomic E-state index is 0.163. The van der Waals surface area contributed by atoms with Gasteiger partial charge in [-0.25, -0.2) is 9.59 Å². The number of nitrogens with one attached hydrogen (secondary N) is 2.